The highest BCUT2D eigenvalue weighted by molar-refractivity contribution is 5.77. The second kappa shape index (κ2) is 4.66. The summed E-state index contributed by atoms with van der Waals surface area (Å²) in [6.07, 6.45) is 3.98. The Balaban J connectivity index is 1.58. The van der Waals surface area contributed by atoms with Crippen molar-refractivity contribution in [1.82, 2.24) is 5.32 Å². The van der Waals surface area contributed by atoms with E-state index in [0.29, 0.717) is 12.0 Å². The number of benzene rings is 1. The Kier molecular flexibility index (Phi) is 2.82. The lowest BCUT2D eigenvalue weighted by atomic mass is 10.1. The SMILES string of the molecule is c1ccc2oc(C3CNC4CCCC4CO3)cc2c1. The molecule has 2 aromatic rings. The van der Waals surface area contributed by atoms with Crippen LogP contribution in [0.4, 0.5) is 0 Å². The number of nitrogens with one attached hydrogen (secondary N) is 1. The van der Waals surface area contributed by atoms with Crippen LogP contribution >= 0.6 is 0 Å². The van der Waals surface area contributed by atoms with Crippen LogP contribution in [0.15, 0.2) is 34.7 Å². The van der Waals surface area contributed by atoms with Gasteiger partial charge in [-0.3, -0.25) is 0 Å². The molecule has 3 atom stereocenters. The van der Waals surface area contributed by atoms with Crippen molar-refractivity contribution in [1.29, 1.82) is 0 Å². The lowest BCUT2D eigenvalue weighted by Gasteiger charge is -2.14. The van der Waals surface area contributed by atoms with Gasteiger partial charge in [0, 0.05) is 18.0 Å². The van der Waals surface area contributed by atoms with E-state index in [0.717, 1.165) is 29.9 Å². The zero-order chi connectivity index (χ0) is 12.7. The van der Waals surface area contributed by atoms with Gasteiger partial charge in [0.25, 0.3) is 0 Å². The quantitative estimate of drug-likeness (QED) is 0.851. The normalized spacial score (nSPS) is 31.3. The van der Waals surface area contributed by atoms with E-state index < -0.39 is 0 Å². The smallest absolute Gasteiger partial charge is 0.135 e. The van der Waals surface area contributed by atoms with Crippen molar-refractivity contribution >= 4 is 11.0 Å². The Morgan fingerprint density at radius 3 is 3.05 bits per heavy atom. The maximum atomic E-state index is 6.08. The molecule has 1 saturated carbocycles. The van der Waals surface area contributed by atoms with E-state index >= 15 is 0 Å². The van der Waals surface area contributed by atoms with Gasteiger partial charge in [-0.05, 0) is 30.9 Å². The highest BCUT2D eigenvalue weighted by atomic mass is 16.5. The molecular weight excluding hydrogens is 238 g/mol. The van der Waals surface area contributed by atoms with Gasteiger partial charge in [-0.15, -0.1) is 0 Å². The first kappa shape index (κ1) is 11.5. The Morgan fingerprint density at radius 2 is 2.11 bits per heavy atom. The largest absolute Gasteiger partial charge is 0.458 e. The van der Waals surface area contributed by atoms with Gasteiger partial charge < -0.3 is 14.5 Å². The van der Waals surface area contributed by atoms with Gasteiger partial charge in [0.2, 0.25) is 0 Å². The summed E-state index contributed by atoms with van der Waals surface area (Å²) in [5, 5.41) is 4.81. The lowest BCUT2D eigenvalue weighted by molar-refractivity contribution is 0.0349. The first-order valence-electron chi connectivity index (χ1n) is 7.23. The zero-order valence-electron chi connectivity index (χ0n) is 11.0. The Morgan fingerprint density at radius 1 is 1.16 bits per heavy atom. The fraction of sp³-hybridized carbons (Fsp3) is 0.500. The molecule has 3 nitrogen and oxygen atoms in total. The van der Waals surface area contributed by atoms with Crippen molar-refractivity contribution in [2.75, 3.05) is 13.2 Å². The van der Waals surface area contributed by atoms with E-state index in [1.54, 1.807) is 0 Å². The van der Waals surface area contributed by atoms with Gasteiger partial charge in [-0.2, -0.15) is 0 Å². The molecule has 1 aromatic heterocycles. The van der Waals surface area contributed by atoms with Gasteiger partial charge in [0.05, 0.1) is 6.61 Å². The standard InChI is InChI=1S/C16H19NO2/c1-2-7-14-11(4-1)8-15(19-14)16-9-17-13-6-3-5-12(13)10-18-16/h1-2,4,7-8,12-13,16-17H,3,5-6,9-10H2. The fourth-order valence-electron chi connectivity index (χ4n) is 3.41. The molecular formula is C16H19NO2. The summed E-state index contributed by atoms with van der Waals surface area (Å²) >= 11 is 0. The maximum absolute atomic E-state index is 6.08. The number of para-hydroxylation sites is 1. The molecule has 1 aliphatic heterocycles. The third-order valence-corrected chi connectivity index (χ3v) is 4.50. The summed E-state index contributed by atoms with van der Waals surface area (Å²) in [5.41, 5.74) is 0.950. The number of ether oxygens (including phenoxy) is 1. The molecule has 3 unspecified atom stereocenters. The monoisotopic (exact) mass is 257 g/mol. The van der Waals surface area contributed by atoms with E-state index in [9.17, 15) is 0 Å². The summed E-state index contributed by atoms with van der Waals surface area (Å²) in [6.45, 7) is 1.72. The van der Waals surface area contributed by atoms with E-state index in [2.05, 4.69) is 17.4 Å². The topological polar surface area (TPSA) is 34.4 Å². The average molecular weight is 257 g/mol. The van der Waals surface area contributed by atoms with Crippen molar-refractivity contribution < 1.29 is 9.15 Å². The predicted octanol–water partition coefficient (Wildman–Crippen LogP) is 3.26. The fourth-order valence-corrected chi connectivity index (χ4v) is 3.41. The van der Waals surface area contributed by atoms with Crippen LogP contribution in [0.3, 0.4) is 0 Å². The molecule has 0 spiro atoms. The van der Waals surface area contributed by atoms with E-state index in [1.807, 2.05) is 18.2 Å². The number of furan rings is 1. The van der Waals surface area contributed by atoms with Crippen molar-refractivity contribution in [3.05, 3.63) is 36.1 Å². The maximum Gasteiger partial charge on any atom is 0.135 e. The summed E-state index contributed by atoms with van der Waals surface area (Å²) in [6, 6.07) is 10.9. The van der Waals surface area contributed by atoms with Gasteiger partial charge in [-0.1, -0.05) is 24.6 Å². The van der Waals surface area contributed by atoms with Crippen molar-refractivity contribution in [3.8, 4) is 0 Å². The summed E-state index contributed by atoms with van der Waals surface area (Å²) in [4.78, 5) is 0. The zero-order valence-corrected chi connectivity index (χ0v) is 11.0. The van der Waals surface area contributed by atoms with Crippen LogP contribution < -0.4 is 5.32 Å². The number of fused-ring (bicyclic) bond motifs is 2. The predicted molar refractivity (Wildman–Crippen MR) is 74.0 cm³/mol. The third-order valence-electron chi connectivity index (χ3n) is 4.50. The molecule has 0 amide bonds. The molecule has 1 aromatic carbocycles. The lowest BCUT2D eigenvalue weighted by Crippen LogP contribution is -2.32. The Hall–Kier alpha value is -1.32. The van der Waals surface area contributed by atoms with Crippen LogP contribution in [0.2, 0.25) is 0 Å². The molecule has 2 fully saturated rings. The highest BCUT2D eigenvalue weighted by Crippen LogP contribution is 2.32. The molecule has 19 heavy (non-hydrogen) atoms. The molecule has 2 heterocycles. The van der Waals surface area contributed by atoms with Gasteiger partial charge in [-0.25, -0.2) is 0 Å². The minimum absolute atomic E-state index is 0.0537. The minimum Gasteiger partial charge on any atom is -0.458 e. The van der Waals surface area contributed by atoms with Gasteiger partial charge in [0.15, 0.2) is 0 Å². The molecule has 0 radical (unpaired) electrons. The van der Waals surface area contributed by atoms with Crippen molar-refractivity contribution in [2.45, 2.75) is 31.4 Å². The number of hydrogen-bond donors (Lipinski definition) is 1. The molecule has 2 aliphatic rings. The van der Waals surface area contributed by atoms with Crippen LogP contribution in [0.1, 0.15) is 31.1 Å². The molecule has 3 heteroatoms. The second-order valence-electron chi connectivity index (χ2n) is 5.71. The minimum atomic E-state index is 0.0537. The van der Waals surface area contributed by atoms with E-state index in [1.165, 1.54) is 19.3 Å². The van der Waals surface area contributed by atoms with Crippen LogP contribution in [-0.4, -0.2) is 19.2 Å². The molecule has 1 saturated heterocycles. The molecule has 0 bridgehead atoms. The first-order chi connectivity index (χ1) is 9.40. The molecule has 1 N–H and O–H groups in total. The third kappa shape index (κ3) is 2.07. The molecule has 4 rings (SSSR count). The van der Waals surface area contributed by atoms with Crippen molar-refractivity contribution in [3.63, 3.8) is 0 Å². The Bertz CT molecular complexity index is 530. The van der Waals surface area contributed by atoms with Gasteiger partial charge >= 0.3 is 0 Å². The highest BCUT2D eigenvalue weighted by Gasteiger charge is 2.32. The average Bonchev–Trinajstić information content (AvgIpc) is 3.01. The Labute approximate surface area is 112 Å². The van der Waals surface area contributed by atoms with Crippen molar-refractivity contribution in [2.24, 2.45) is 5.92 Å². The summed E-state index contributed by atoms with van der Waals surface area (Å²) in [7, 11) is 0. The number of rotatable bonds is 1. The number of hydrogen-bond acceptors (Lipinski definition) is 3. The molecule has 100 valence electrons. The van der Waals surface area contributed by atoms with Crippen LogP contribution in [0.25, 0.3) is 11.0 Å². The van der Waals surface area contributed by atoms with Crippen LogP contribution in [0.5, 0.6) is 0 Å². The summed E-state index contributed by atoms with van der Waals surface area (Å²) in [5.74, 6) is 1.64. The second-order valence-corrected chi connectivity index (χ2v) is 5.71. The molecule has 1 aliphatic carbocycles. The van der Waals surface area contributed by atoms with Gasteiger partial charge in [0.1, 0.15) is 17.4 Å². The summed E-state index contributed by atoms with van der Waals surface area (Å²) < 4.78 is 12.0. The van der Waals surface area contributed by atoms with Crippen LogP contribution in [0, 0.1) is 5.92 Å². The van der Waals surface area contributed by atoms with E-state index in [4.69, 9.17) is 9.15 Å². The van der Waals surface area contributed by atoms with Crippen LogP contribution in [-0.2, 0) is 4.74 Å². The van der Waals surface area contributed by atoms with E-state index in [-0.39, 0.29) is 6.10 Å². The first-order valence-corrected chi connectivity index (χ1v) is 7.23.